The quantitative estimate of drug-likeness (QED) is 0.0211. The van der Waals surface area contributed by atoms with Gasteiger partial charge in [-0.15, -0.1) is 0 Å². The first kappa shape index (κ1) is 87.5. The largest absolute Gasteiger partial charge is 0.472 e. The van der Waals surface area contributed by atoms with E-state index in [2.05, 4.69) is 86.8 Å². The summed E-state index contributed by atoms with van der Waals surface area (Å²) in [6, 6.07) is 0. The third kappa shape index (κ3) is 74.5. The molecule has 2 unspecified atom stereocenters. The minimum absolute atomic E-state index is 0.0325. The highest BCUT2D eigenvalue weighted by atomic mass is 31.2. The number of hydrogen-bond donors (Lipinski definition) is 1. The van der Waals surface area contributed by atoms with Crippen LogP contribution in [0.2, 0.25) is 0 Å². The Hall–Kier alpha value is -2.55. The van der Waals surface area contributed by atoms with E-state index in [0.29, 0.717) is 23.9 Å². The van der Waals surface area contributed by atoms with Crippen molar-refractivity contribution in [3.63, 3.8) is 0 Å². The van der Waals surface area contributed by atoms with Gasteiger partial charge in [0.25, 0.3) is 0 Å². The van der Waals surface area contributed by atoms with Gasteiger partial charge in [0.2, 0.25) is 0 Å². The Morgan fingerprint density at radius 3 is 0.944 bits per heavy atom. The number of likely N-dealkylation sites (N-methyl/N-ethyl adjacent to an activating group) is 1. The molecule has 0 saturated heterocycles. The number of rotatable bonds is 72. The van der Waals surface area contributed by atoms with Crippen molar-refractivity contribution < 1.29 is 42.1 Å². The molecule has 0 fully saturated rings. The van der Waals surface area contributed by atoms with Crippen molar-refractivity contribution in [2.24, 2.45) is 0 Å². The van der Waals surface area contributed by atoms with E-state index in [0.717, 1.165) is 64.2 Å². The molecule has 526 valence electrons. The van der Waals surface area contributed by atoms with Crippen molar-refractivity contribution in [2.75, 3.05) is 47.5 Å². The van der Waals surface area contributed by atoms with Crippen LogP contribution in [0.25, 0.3) is 0 Å². The summed E-state index contributed by atoms with van der Waals surface area (Å²) in [6.45, 7) is 4.37. The summed E-state index contributed by atoms with van der Waals surface area (Å²) < 4.78 is 34.8. The van der Waals surface area contributed by atoms with E-state index in [9.17, 15) is 19.0 Å². The molecule has 0 spiro atoms. The van der Waals surface area contributed by atoms with Crippen molar-refractivity contribution in [3.05, 3.63) is 72.9 Å². The fourth-order valence-corrected chi connectivity index (χ4v) is 12.1. The fraction of sp³-hybridized carbons (Fsp3) is 0.825. The number of carbonyl (C=O) groups excluding carboxylic acids is 2. The zero-order valence-electron chi connectivity index (χ0n) is 60.1. The highest BCUT2D eigenvalue weighted by molar-refractivity contribution is 7.47. The van der Waals surface area contributed by atoms with Gasteiger partial charge >= 0.3 is 19.8 Å². The molecule has 0 aromatic rings. The first-order valence-corrected chi connectivity index (χ1v) is 40.2. The van der Waals surface area contributed by atoms with Gasteiger partial charge < -0.3 is 18.9 Å². The van der Waals surface area contributed by atoms with Crippen molar-refractivity contribution >= 4 is 19.8 Å². The van der Waals surface area contributed by atoms with E-state index in [1.807, 2.05) is 21.1 Å². The molecule has 0 heterocycles. The van der Waals surface area contributed by atoms with Gasteiger partial charge in [-0.25, -0.2) is 4.57 Å². The van der Waals surface area contributed by atoms with E-state index in [4.69, 9.17) is 18.5 Å². The Balaban J connectivity index is 3.93. The van der Waals surface area contributed by atoms with Crippen LogP contribution >= 0.6 is 7.82 Å². The summed E-state index contributed by atoms with van der Waals surface area (Å²) >= 11 is 0. The molecule has 0 aliphatic carbocycles. The topological polar surface area (TPSA) is 108 Å². The van der Waals surface area contributed by atoms with Crippen molar-refractivity contribution in [1.29, 1.82) is 0 Å². The zero-order valence-corrected chi connectivity index (χ0v) is 61.0. The molecule has 0 radical (unpaired) electrons. The summed E-state index contributed by atoms with van der Waals surface area (Å²) in [5.74, 6) is -0.779. The molecular formula is C80H149NO8P+. The molecule has 0 bridgehead atoms. The molecule has 10 heteroatoms. The molecule has 0 aromatic heterocycles. The number of ether oxygens (including phenoxy) is 2. The first-order chi connectivity index (χ1) is 44.0. The van der Waals surface area contributed by atoms with Gasteiger partial charge in [0.1, 0.15) is 19.8 Å². The van der Waals surface area contributed by atoms with E-state index in [-0.39, 0.29) is 25.6 Å². The molecule has 0 aliphatic heterocycles. The van der Waals surface area contributed by atoms with Gasteiger partial charge in [0.05, 0.1) is 27.7 Å². The van der Waals surface area contributed by atoms with Crippen LogP contribution in [-0.2, 0) is 32.7 Å². The number of nitrogens with zero attached hydrogens (tertiary/aromatic N) is 1. The second-order valence-corrected chi connectivity index (χ2v) is 28.8. The van der Waals surface area contributed by atoms with Gasteiger partial charge in [0.15, 0.2) is 6.10 Å². The lowest BCUT2D eigenvalue weighted by molar-refractivity contribution is -0.870. The molecule has 0 aliphatic rings. The van der Waals surface area contributed by atoms with Crippen molar-refractivity contribution in [3.8, 4) is 0 Å². The second kappa shape index (κ2) is 70.8. The Morgan fingerprint density at radius 2 is 0.633 bits per heavy atom. The average Bonchev–Trinajstić information content (AvgIpc) is 3.58. The Bertz CT molecular complexity index is 1750. The van der Waals surface area contributed by atoms with Gasteiger partial charge in [-0.1, -0.05) is 350 Å². The molecule has 0 amide bonds. The number of quaternary nitrogens is 1. The number of phosphoric acid groups is 1. The molecule has 90 heavy (non-hydrogen) atoms. The maximum absolute atomic E-state index is 12.9. The predicted octanol–water partition coefficient (Wildman–Crippen LogP) is 25.5. The number of allylic oxidation sites excluding steroid dienone is 12. The normalized spacial score (nSPS) is 13.4. The van der Waals surface area contributed by atoms with Crippen LogP contribution in [0, 0.1) is 0 Å². The Morgan fingerprint density at radius 1 is 0.356 bits per heavy atom. The van der Waals surface area contributed by atoms with Crippen LogP contribution in [-0.4, -0.2) is 74.9 Å². The smallest absolute Gasteiger partial charge is 0.462 e. The summed E-state index contributed by atoms with van der Waals surface area (Å²) in [4.78, 5) is 36.0. The van der Waals surface area contributed by atoms with E-state index in [1.54, 1.807) is 0 Å². The van der Waals surface area contributed by atoms with Crippen LogP contribution in [0.5, 0.6) is 0 Å². The maximum atomic E-state index is 12.9. The van der Waals surface area contributed by atoms with Gasteiger partial charge in [-0.3, -0.25) is 18.6 Å². The Labute approximate surface area is 559 Å². The van der Waals surface area contributed by atoms with Crippen LogP contribution in [0.15, 0.2) is 72.9 Å². The summed E-state index contributed by atoms with van der Waals surface area (Å²) in [5.41, 5.74) is 0. The first-order valence-electron chi connectivity index (χ1n) is 38.7. The van der Waals surface area contributed by atoms with Crippen molar-refractivity contribution in [1.82, 2.24) is 0 Å². The fourth-order valence-electron chi connectivity index (χ4n) is 11.3. The van der Waals surface area contributed by atoms with E-state index in [1.165, 1.54) is 276 Å². The lowest BCUT2D eigenvalue weighted by atomic mass is 10.0. The standard InChI is InChI=1S/C80H148NO8P/c1-6-8-10-12-14-16-18-20-22-24-26-28-30-32-34-36-37-38-39-40-41-42-43-45-46-48-50-52-54-56-58-60-62-64-66-68-70-72-79(82)86-76-78(77-88-90(84,85)87-75-74-81(3,4)5)89-80(83)73-71-69-67-65-63-61-59-57-55-53-51-49-47-44-35-33-31-29-27-25-23-21-19-17-15-13-11-9-7-2/h9,11,15,17-18,20-21,23-24,26-27,29,78H,6-8,10,12-14,16,19,22,25,28,30-77H2,1-5H3/p+1/b11-9-,17-15-,20-18-,23-21-,26-24-,29-27-. The summed E-state index contributed by atoms with van der Waals surface area (Å²) in [5, 5.41) is 0. The monoisotopic (exact) mass is 1280 g/mol. The Kier molecular flexibility index (Phi) is 68.8. The van der Waals surface area contributed by atoms with E-state index < -0.39 is 26.5 Å². The highest BCUT2D eigenvalue weighted by Crippen LogP contribution is 2.43. The zero-order chi connectivity index (χ0) is 65.5. The summed E-state index contributed by atoms with van der Waals surface area (Å²) in [7, 11) is 1.49. The number of hydrogen-bond acceptors (Lipinski definition) is 7. The third-order valence-corrected chi connectivity index (χ3v) is 18.2. The average molecular weight is 1280 g/mol. The molecule has 1 N–H and O–H groups in total. The SMILES string of the molecule is CC/C=C\C/C=C\C/C=C\C/C=C\CCCCCCCCCCCCCCCCCCC(=O)OC(COC(=O)CCCCCCCCCCCCCCCCCCCCCCCCCCC/C=C\C/C=C\CCCCCCC)COP(=O)(O)OCC[N+](C)(C)C. The number of unbranched alkanes of at least 4 members (excludes halogenated alkanes) is 46. The number of phosphoric ester groups is 1. The molecule has 0 rings (SSSR count). The minimum Gasteiger partial charge on any atom is -0.462 e. The van der Waals surface area contributed by atoms with E-state index >= 15 is 0 Å². The highest BCUT2D eigenvalue weighted by Gasteiger charge is 2.27. The van der Waals surface area contributed by atoms with Crippen molar-refractivity contribution in [2.45, 2.75) is 380 Å². The predicted molar refractivity (Wildman–Crippen MR) is 390 cm³/mol. The molecular weight excluding hydrogens is 1130 g/mol. The van der Waals surface area contributed by atoms with Gasteiger partial charge in [-0.2, -0.15) is 0 Å². The van der Waals surface area contributed by atoms with Crippen LogP contribution in [0.4, 0.5) is 0 Å². The lowest BCUT2D eigenvalue weighted by Gasteiger charge is -2.24. The second-order valence-electron chi connectivity index (χ2n) is 27.4. The molecule has 2 atom stereocenters. The number of esters is 2. The third-order valence-electron chi connectivity index (χ3n) is 17.2. The maximum Gasteiger partial charge on any atom is 0.472 e. The molecule has 9 nitrogen and oxygen atoms in total. The molecule has 0 saturated carbocycles. The van der Waals surface area contributed by atoms with Gasteiger partial charge in [-0.05, 0) is 83.5 Å². The van der Waals surface area contributed by atoms with Crippen LogP contribution in [0.3, 0.4) is 0 Å². The van der Waals surface area contributed by atoms with Gasteiger partial charge in [0, 0.05) is 12.8 Å². The molecule has 0 aromatic carbocycles. The minimum atomic E-state index is -4.39. The number of carbonyl (C=O) groups is 2. The summed E-state index contributed by atoms with van der Waals surface area (Å²) in [6.07, 6.45) is 96.1. The van der Waals surface area contributed by atoms with Crippen LogP contribution in [0.1, 0.15) is 373 Å². The lowest BCUT2D eigenvalue weighted by Crippen LogP contribution is -2.37. The van der Waals surface area contributed by atoms with Crippen LogP contribution < -0.4 is 0 Å².